The highest BCUT2D eigenvalue weighted by atomic mass is 19.1. The molecule has 0 fully saturated rings. The van der Waals surface area contributed by atoms with E-state index in [9.17, 15) is 61.8 Å². The van der Waals surface area contributed by atoms with Gasteiger partial charge in [0.1, 0.15) is 29.8 Å². The van der Waals surface area contributed by atoms with Gasteiger partial charge in [0.25, 0.3) is 11.5 Å². The van der Waals surface area contributed by atoms with Crippen molar-refractivity contribution in [2.24, 2.45) is 71.0 Å². The SMILES string of the molecule is C.C#CC1=C(C)CC(=O)C(C(C)C)=C1.C=C1NC(=O)C(C(C)C)=CO1.C=C1NC(=O)C(C(C)C)C=C1C.C=C1NC(=O)C(C(C)C)C=C1C#N.C=C1NC(=O)C(C(C)C)C=C1F.C=CC1=C(C)CC(=O)C(C(C)C)=C1.CC1=C(C)CC(=O)C(C(C)C)=C1.CC1=C(F)C=C(C(C)C)C(=O)C1.CCC1=C(C)CC(=O)C(C(C)C)=C1.Cc1ccc(C(C)C)cn1.Cc1nc(O)c(C(C)C)c(=O)[nH]1. The third kappa shape index (κ3) is 39.6. The highest BCUT2D eigenvalue weighted by molar-refractivity contribution is 6.02. The lowest BCUT2D eigenvalue weighted by Gasteiger charge is -2.23. The van der Waals surface area contributed by atoms with Crippen LogP contribution in [0.3, 0.4) is 0 Å². The number of H-pyrrole nitrogens is 1. The summed E-state index contributed by atoms with van der Waals surface area (Å²) in [4.78, 5) is 124. The zero-order valence-corrected chi connectivity index (χ0v) is 85.5. The van der Waals surface area contributed by atoms with Crippen LogP contribution in [0.4, 0.5) is 8.78 Å². The number of allylic oxidation sites excluding steroid dienone is 24. The van der Waals surface area contributed by atoms with Crippen LogP contribution in [0.2, 0.25) is 0 Å². The number of nitrogens with zero attached hydrogens (tertiary/aromatic N) is 3. The molecule has 4 amide bonds. The zero-order valence-electron chi connectivity index (χ0n) is 85.5. The molecule has 730 valence electrons. The first-order chi connectivity index (χ1) is 61.6. The van der Waals surface area contributed by atoms with Crippen LogP contribution in [-0.2, 0) is 47.9 Å². The first kappa shape index (κ1) is 122. The molecule has 2 aromatic heterocycles. The van der Waals surface area contributed by atoms with E-state index in [-0.39, 0.29) is 131 Å². The first-order valence-corrected chi connectivity index (χ1v) is 45.8. The molecule has 20 nitrogen and oxygen atoms in total. The van der Waals surface area contributed by atoms with E-state index in [0.717, 1.165) is 68.0 Å². The van der Waals surface area contributed by atoms with Crippen molar-refractivity contribution in [1.29, 1.82) is 5.26 Å². The Balaban J connectivity index is 0.00000145. The maximum atomic E-state index is 13.0. The lowest BCUT2D eigenvalue weighted by Crippen LogP contribution is -2.36. The summed E-state index contributed by atoms with van der Waals surface area (Å²) in [6, 6.07) is 6.19. The Morgan fingerprint density at radius 3 is 1.34 bits per heavy atom. The molecule has 0 bridgehead atoms. The molecule has 3 unspecified atom stereocenters. The molecule has 3 atom stereocenters. The Bertz CT molecular complexity index is 5210. The minimum absolute atomic E-state index is 0. The van der Waals surface area contributed by atoms with Crippen molar-refractivity contribution in [2.75, 3.05) is 0 Å². The van der Waals surface area contributed by atoms with Crippen molar-refractivity contribution in [2.45, 2.75) is 279 Å². The molecule has 5 aliphatic carbocycles. The number of terminal acetylenes is 1. The minimum Gasteiger partial charge on any atom is -0.493 e. The molecular formula is C112H156F2N8O12. The number of nitriles is 1. The smallest absolute Gasteiger partial charge is 0.258 e. The van der Waals surface area contributed by atoms with Gasteiger partial charge in [-0.15, -0.1) is 6.42 Å². The summed E-state index contributed by atoms with van der Waals surface area (Å²) in [5, 5.41) is 28.2. The monoisotopic (exact) mass is 1840 g/mol. The van der Waals surface area contributed by atoms with Crippen LogP contribution < -0.4 is 26.8 Å². The number of ketones is 5. The van der Waals surface area contributed by atoms with Crippen molar-refractivity contribution < 1.29 is 61.8 Å². The topological polar surface area (TPSA) is 314 Å². The third-order valence-electron chi connectivity index (χ3n) is 22.7. The van der Waals surface area contributed by atoms with E-state index >= 15 is 0 Å². The van der Waals surface area contributed by atoms with Crippen LogP contribution in [0.15, 0.2) is 246 Å². The molecule has 134 heavy (non-hydrogen) atoms. The summed E-state index contributed by atoms with van der Waals surface area (Å²) in [6.07, 6.45) is 28.5. The van der Waals surface area contributed by atoms with E-state index in [4.69, 9.17) is 16.4 Å². The van der Waals surface area contributed by atoms with Crippen LogP contribution >= 0.6 is 0 Å². The number of nitrogens with one attached hydrogen (secondary N) is 5. The van der Waals surface area contributed by atoms with Gasteiger partial charge >= 0.3 is 0 Å². The van der Waals surface area contributed by atoms with E-state index in [0.29, 0.717) is 112 Å². The number of amides is 4. The number of pyridine rings is 1. The number of aromatic nitrogens is 3. The standard InChI is InChI=1S/C12H18O.C12H16O.C12H14O.C11H16O.C10H13FO.C10H12N2O.C10H15NO.C9H12FNO.C9H13N.C8H12N2O2.C8H11NO2.CH4/c3*1-5-10-7-11(8(2)3)12(13)6-9(10)4;1-7(2)10-5-8(3)9(4)6-11(10)12;1-6(2)8-5-9(11)7(3)4-10(8)12;1-6(2)9-4-8(5-11)7(3)12-10(9)13;1-6(2)9-5-7(3)8(4)11-10(9)12;1-5(2)7-4-8(10)6(3)11-9(7)12;1-7(2)9-5-4-8(3)10-6-9;1-4(2)6-7(11)9-5(3)10-8(6)12;1-5(2)7-4-11-6(3)9-8(7)10;/h7-8H,5-6H2,1-4H3;5,7-8H,1,6H2,2-4H3;1,7-8H,6H2,2-4H3;5,7H,6H2,1-4H3;5-6H,4H2,1-3H3;4,6,9H,3H2,1-2H3,(H,12,13);5-6,9H,4H2,1-3H3,(H,11,12);4-5,7H,3H2,1-2H3,(H,11,12);4-7H,1-3H3;4H,1-3H3,(H2,9,10,11,12);4-5H,3H2,1-2H3,(H,9,10);1H4. The van der Waals surface area contributed by atoms with E-state index in [2.05, 4.69) is 156 Å². The third-order valence-corrected chi connectivity index (χ3v) is 22.7. The van der Waals surface area contributed by atoms with Crippen LogP contribution in [0.25, 0.3) is 0 Å². The number of carbonyl (C=O) groups excluding carboxylic acids is 9. The van der Waals surface area contributed by atoms with E-state index in [1.54, 1.807) is 19.9 Å². The predicted octanol–water partition coefficient (Wildman–Crippen LogP) is 24.6. The molecule has 11 rings (SSSR count). The minimum atomic E-state index is -0.423. The van der Waals surface area contributed by atoms with E-state index < -0.39 is 5.83 Å². The summed E-state index contributed by atoms with van der Waals surface area (Å²) >= 11 is 0. The van der Waals surface area contributed by atoms with E-state index in [1.807, 2.05) is 188 Å². The van der Waals surface area contributed by atoms with Gasteiger partial charge in [0.15, 0.2) is 34.8 Å². The Morgan fingerprint density at radius 2 is 0.925 bits per heavy atom. The van der Waals surface area contributed by atoms with Crippen molar-refractivity contribution in [1.82, 2.24) is 36.2 Å². The lowest BCUT2D eigenvalue weighted by atomic mass is 9.86. The summed E-state index contributed by atoms with van der Waals surface area (Å²) in [5.41, 5.74) is 20.0. The average Bonchev–Trinajstić information content (AvgIpc) is 0.872. The number of rotatable bonds is 13. The molecule has 6 N–H and O–H groups in total. The largest absolute Gasteiger partial charge is 0.493 e. The van der Waals surface area contributed by atoms with Crippen molar-refractivity contribution >= 4 is 52.5 Å². The first-order valence-electron chi connectivity index (χ1n) is 45.8. The van der Waals surface area contributed by atoms with Crippen LogP contribution in [0.1, 0.15) is 288 Å². The summed E-state index contributed by atoms with van der Waals surface area (Å²) in [6.45, 7) is 81.2. The number of carbonyl (C=O) groups is 9. The molecule has 0 aromatic carbocycles. The number of hydrogen-bond acceptors (Lipinski definition) is 15. The van der Waals surface area contributed by atoms with Crippen LogP contribution in [0.5, 0.6) is 5.88 Å². The second-order valence-electron chi connectivity index (χ2n) is 37.7. The maximum Gasteiger partial charge on any atom is 0.258 e. The Morgan fingerprint density at radius 1 is 0.507 bits per heavy atom. The molecule has 2 aromatic rings. The van der Waals surface area contributed by atoms with E-state index in [1.165, 1.54) is 46.3 Å². The maximum absolute atomic E-state index is 13.0. The van der Waals surface area contributed by atoms with Crippen molar-refractivity contribution in [3.63, 3.8) is 0 Å². The number of aromatic amines is 1. The van der Waals surface area contributed by atoms with Gasteiger partial charge in [-0.3, -0.25) is 58.2 Å². The second-order valence-corrected chi connectivity index (χ2v) is 37.7. The number of Topliss-reactive ketones (excluding diaryl/α,β-unsaturated/α-hetero) is 5. The highest BCUT2D eigenvalue weighted by Crippen LogP contribution is 2.33. The molecule has 0 radical (unpaired) electrons. The fourth-order valence-electron chi connectivity index (χ4n) is 13.8. The molecule has 0 saturated carbocycles. The zero-order chi connectivity index (χ0) is 103. The predicted molar refractivity (Wildman–Crippen MR) is 542 cm³/mol. The average molecular weight is 1840 g/mol. The molecule has 9 aliphatic rings. The van der Waals surface area contributed by atoms with Gasteiger partial charge in [-0.1, -0.05) is 258 Å². The summed E-state index contributed by atoms with van der Waals surface area (Å²) in [7, 11) is 0. The Hall–Kier alpha value is -12.2. The van der Waals surface area contributed by atoms with Crippen LogP contribution in [-0.4, -0.2) is 72.6 Å². The molecular weight excluding hydrogens is 1690 g/mol. The van der Waals surface area contributed by atoms with Gasteiger partial charge in [0, 0.05) is 60.8 Å². The Labute approximate surface area is 800 Å². The summed E-state index contributed by atoms with van der Waals surface area (Å²) < 4.78 is 30.9. The quantitative estimate of drug-likeness (QED) is 0.102. The molecule has 6 heterocycles. The van der Waals surface area contributed by atoms with Gasteiger partial charge in [0.05, 0.1) is 45.9 Å². The lowest BCUT2D eigenvalue weighted by molar-refractivity contribution is -0.125. The highest BCUT2D eigenvalue weighted by Gasteiger charge is 2.31. The van der Waals surface area contributed by atoms with Crippen molar-refractivity contribution in [3.8, 4) is 24.3 Å². The number of ether oxygens (including phenoxy) is 1. The summed E-state index contributed by atoms with van der Waals surface area (Å²) in [5.74, 6) is 5.67. The molecule has 0 spiro atoms. The normalized spacial score (nSPS) is 18.2. The molecule has 22 heteroatoms. The number of aromatic hydroxyl groups is 1. The number of aryl methyl sites for hydroxylation is 2. The van der Waals surface area contributed by atoms with Crippen LogP contribution in [0, 0.1) is 109 Å². The van der Waals surface area contributed by atoms with Gasteiger partial charge in [-0.25, -0.2) is 13.8 Å². The fourth-order valence-corrected chi connectivity index (χ4v) is 13.8. The van der Waals surface area contributed by atoms with Crippen molar-refractivity contribution in [3.05, 3.63) is 275 Å². The fraction of sp³-hybridized carbons (Fsp3) is 0.473. The number of hydrogen-bond donors (Lipinski definition) is 6. The van der Waals surface area contributed by atoms with Gasteiger partial charge < -0.3 is 30.8 Å². The number of halogens is 2. The molecule has 4 aliphatic heterocycles. The van der Waals surface area contributed by atoms with Gasteiger partial charge in [-0.2, -0.15) is 5.26 Å². The van der Waals surface area contributed by atoms with Gasteiger partial charge in [-0.05, 0) is 227 Å². The Kier molecular flexibility index (Phi) is 52.8. The molecule has 0 saturated heterocycles. The second kappa shape index (κ2) is 58.1. The van der Waals surface area contributed by atoms with Gasteiger partial charge in [0.2, 0.25) is 23.6 Å².